The molecule has 0 radical (unpaired) electrons. The van der Waals surface area contributed by atoms with Crippen molar-refractivity contribution >= 4 is 21.7 Å². The van der Waals surface area contributed by atoms with Crippen LogP contribution in [0.3, 0.4) is 0 Å². The van der Waals surface area contributed by atoms with Crippen molar-refractivity contribution in [3.8, 4) is 11.4 Å². The van der Waals surface area contributed by atoms with Crippen LogP contribution in [0.4, 0.5) is 5.82 Å². The van der Waals surface area contributed by atoms with E-state index in [1.807, 2.05) is 24.3 Å². The van der Waals surface area contributed by atoms with Crippen molar-refractivity contribution < 1.29 is 0 Å². The van der Waals surface area contributed by atoms with Crippen molar-refractivity contribution in [3.05, 3.63) is 40.0 Å². The molecule has 0 saturated heterocycles. The lowest BCUT2D eigenvalue weighted by molar-refractivity contribution is 0.666. The average Bonchev–Trinajstić information content (AvgIpc) is 2.39. The van der Waals surface area contributed by atoms with Crippen molar-refractivity contribution in [1.82, 2.24) is 9.97 Å². The largest absolute Gasteiger partial charge is 0.383 e. The lowest BCUT2D eigenvalue weighted by Crippen LogP contribution is -2.11. The Hall–Kier alpha value is -1.42. The van der Waals surface area contributed by atoms with Crippen LogP contribution in [0, 0.1) is 0 Å². The molecule has 18 heavy (non-hydrogen) atoms. The van der Waals surface area contributed by atoms with Crippen molar-refractivity contribution in [2.45, 2.75) is 25.7 Å². The van der Waals surface area contributed by atoms with Crippen molar-refractivity contribution in [2.75, 3.05) is 5.73 Å². The van der Waals surface area contributed by atoms with Gasteiger partial charge in [0, 0.05) is 21.3 Å². The summed E-state index contributed by atoms with van der Waals surface area (Å²) in [5.74, 6) is 1.39. The second-order valence-electron chi connectivity index (χ2n) is 4.57. The Morgan fingerprint density at radius 1 is 1.00 bits per heavy atom. The van der Waals surface area contributed by atoms with Gasteiger partial charge in [-0.05, 0) is 37.8 Å². The number of anilines is 1. The summed E-state index contributed by atoms with van der Waals surface area (Å²) in [7, 11) is 0. The Labute approximate surface area is 115 Å². The number of nitrogens with two attached hydrogens (primary N) is 1. The van der Waals surface area contributed by atoms with Crippen LogP contribution in [-0.2, 0) is 12.8 Å². The predicted octanol–water partition coefficient (Wildman–Crippen LogP) is 3.37. The molecule has 3 nitrogen and oxygen atoms in total. The molecule has 0 atom stereocenters. The van der Waals surface area contributed by atoms with Crippen LogP contribution in [0.15, 0.2) is 28.7 Å². The third-order valence-corrected chi connectivity index (χ3v) is 3.85. The number of rotatable bonds is 1. The fourth-order valence-electron chi connectivity index (χ4n) is 2.35. The number of benzene rings is 1. The molecule has 0 saturated carbocycles. The van der Waals surface area contributed by atoms with Gasteiger partial charge in [0.2, 0.25) is 0 Å². The highest BCUT2D eigenvalue weighted by molar-refractivity contribution is 9.10. The number of nitrogens with zero attached hydrogens (tertiary/aromatic N) is 2. The lowest BCUT2D eigenvalue weighted by Gasteiger charge is -2.17. The number of fused-ring (bicyclic) bond motifs is 1. The molecule has 0 spiro atoms. The van der Waals surface area contributed by atoms with Crippen LogP contribution in [-0.4, -0.2) is 9.97 Å². The van der Waals surface area contributed by atoms with Gasteiger partial charge in [0.1, 0.15) is 5.82 Å². The molecule has 1 aliphatic carbocycles. The van der Waals surface area contributed by atoms with Crippen molar-refractivity contribution in [1.29, 1.82) is 0 Å². The van der Waals surface area contributed by atoms with E-state index >= 15 is 0 Å². The highest BCUT2D eigenvalue weighted by Crippen LogP contribution is 2.27. The highest BCUT2D eigenvalue weighted by atomic mass is 79.9. The molecule has 0 fully saturated rings. The van der Waals surface area contributed by atoms with Crippen LogP contribution >= 0.6 is 15.9 Å². The highest BCUT2D eigenvalue weighted by Gasteiger charge is 2.16. The van der Waals surface area contributed by atoms with E-state index < -0.39 is 0 Å². The van der Waals surface area contributed by atoms with Gasteiger partial charge in [-0.15, -0.1) is 0 Å². The molecule has 0 bridgehead atoms. The summed E-state index contributed by atoms with van der Waals surface area (Å²) in [6.07, 6.45) is 4.43. The number of nitrogen functional groups attached to an aromatic ring is 1. The van der Waals surface area contributed by atoms with E-state index in [0.29, 0.717) is 5.82 Å². The van der Waals surface area contributed by atoms with Gasteiger partial charge in [-0.2, -0.15) is 0 Å². The minimum Gasteiger partial charge on any atom is -0.383 e. The molecule has 2 N–H and O–H groups in total. The summed E-state index contributed by atoms with van der Waals surface area (Å²) in [6, 6.07) is 8.00. The monoisotopic (exact) mass is 303 g/mol. The molecule has 92 valence electrons. The number of hydrogen-bond donors (Lipinski definition) is 1. The van der Waals surface area contributed by atoms with Crippen LogP contribution in [0.2, 0.25) is 0 Å². The fourth-order valence-corrected chi connectivity index (χ4v) is 2.62. The smallest absolute Gasteiger partial charge is 0.161 e. The van der Waals surface area contributed by atoms with Gasteiger partial charge in [-0.1, -0.05) is 28.1 Å². The Morgan fingerprint density at radius 3 is 2.50 bits per heavy atom. The maximum atomic E-state index is 6.05. The minimum absolute atomic E-state index is 0.651. The molecule has 1 heterocycles. The number of aromatic nitrogens is 2. The number of hydrogen-bond acceptors (Lipinski definition) is 3. The quantitative estimate of drug-likeness (QED) is 0.879. The Balaban J connectivity index is 2.08. The first kappa shape index (κ1) is 11.7. The summed E-state index contributed by atoms with van der Waals surface area (Å²) in [5, 5.41) is 0. The van der Waals surface area contributed by atoms with E-state index in [4.69, 9.17) is 5.73 Å². The van der Waals surface area contributed by atoms with Crippen molar-refractivity contribution in [2.24, 2.45) is 0 Å². The molecule has 4 heteroatoms. The second kappa shape index (κ2) is 4.69. The molecule has 3 rings (SSSR count). The zero-order valence-corrected chi connectivity index (χ0v) is 11.6. The molecular formula is C14H14BrN3. The summed E-state index contributed by atoms with van der Waals surface area (Å²) >= 11 is 3.43. The molecule has 1 aliphatic rings. The summed E-state index contributed by atoms with van der Waals surface area (Å²) < 4.78 is 1.05. The van der Waals surface area contributed by atoms with E-state index in [2.05, 4.69) is 25.9 Å². The lowest BCUT2D eigenvalue weighted by atomic mass is 9.96. The first-order chi connectivity index (χ1) is 8.74. The number of halogens is 1. The number of aryl methyl sites for hydroxylation is 1. The van der Waals surface area contributed by atoms with Crippen molar-refractivity contribution in [3.63, 3.8) is 0 Å². The van der Waals surface area contributed by atoms with Gasteiger partial charge in [0.05, 0.1) is 0 Å². The zero-order valence-electron chi connectivity index (χ0n) is 9.99. The summed E-state index contributed by atoms with van der Waals surface area (Å²) in [5.41, 5.74) is 9.35. The molecule has 0 amide bonds. The van der Waals surface area contributed by atoms with E-state index in [0.717, 1.165) is 40.0 Å². The summed E-state index contributed by atoms with van der Waals surface area (Å²) in [6.45, 7) is 0. The van der Waals surface area contributed by atoms with E-state index in [1.165, 1.54) is 12.8 Å². The van der Waals surface area contributed by atoms with Crippen LogP contribution in [0.25, 0.3) is 11.4 Å². The van der Waals surface area contributed by atoms with Crippen LogP contribution in [0.5, 0.6) is 0 Å². The zero-order chi connectivity index (χ0) is 12.5. The minimum atomic E-state index is 0.651. The topological polar surface area (TPSA) is 51.8 Å². The van der Waals surface area contributed by atoms with Gasteiger partial charge >= 0.3 is 0 Å². The molecular weight excluding hydrogens is 290 g/mol. The molecule has 1 aromatic carbocycles. The first-order valence-electron chi connectivity index (χ1n) is 6.15. The standard InChI is InChI=1S/C14H14BrN3/c15-10-7-5-9(6-8-10)14-17-12-4-2-1-3-11(12)13(16)18-14/h5-8H,1-4H2,(H2,16,17,18). The van der Waals surface area contributed by atoms with Crippen LogP contribution in [0.1, 0.15) is 24.1 Å². The van der Waals surface area contributed by atoms with Gasteiger partial charge in [0.25, 0.3) is 0 Å². The van der Waals surface area contributed by atoms with E-state index in [1.54, 1.807) is 0 Å². The predicted molar refractivity (Wildman–Crippen MR) is 76.2 cm³/mol. The Bertz CT molecular complexity index is 578. The fraction of sp³-hybridized carbons (Fsp3) is 0.286. The second-order valence-corrected chi connectivity index (χ2v) is 5.49. The van der Waals surface area contributed by atoms with Crippen LogP contribution < -0.4 is 5.73 Å². The maximum absolute atomic E-state index is 6.05. The normalized spacial score (nSPS) is 14.3. The molecule has 0 unspecified atom stereocenters. The van der Waals surface area contributed by atoms with Gasteiger partial charge in [0.15, 0.2) is 5.82 Å². The van der Waals surface area contributed by atoms with E-state index in [-0.39, 0.29) is 0 Å². The SMILES string of the molecule is Nc1nc(-c2ccc(Br)cc2)nc2c1CCCC2. The average molecular weight is 304 g/mol. The van der Waals surface area contributed by atoms with Gasteiger partial charge < -0.3 is 5.73 Å². The Kier molecular flexibility index (Phi) is 3.04. The third-order valence-electron chi connectivity index (χ3n) is 3.32. The van der Waals surface area contributed by atoms with Gasteiger partial charge in [-0.25, -0.2) is 9.97 Å². The first-order valence-corrected chi connectivity index (χ1v) is 6.94. The van der Waals surface area contributed by atoms with E-state index in [9.17, 15) is 0 Å². The van der Waals surface area contributed by atoms with Gasteiger partial charge in [-0.3, -0.25) is 0 Å². The molecule has 2 aromatic rings. The third kappa shape index (κ3) is 2.12. The molecule has 0 aliphatic heterocycles. The molecule has 1 aromatic heterocycles. The summed E-state index contributed by atoms with van der Waals surface area (Å²) in [4.78, 5) is 9.11. The maximum Gasteiger partial charge on any atom is 0.161 e. The Morgan fingerprint density at radius 2 is 1.72 bits per heavy atom.